The molecule has 0 unspecified atom stereocenters. The van der Waals surface area contributed by atoms with E-state index >= 15 is 0 Å². The summed E-state index contributed by atoms with van der Waals surface area (Å²) >= 11 is 12.7. The van der Waals surface area contributed by atoms with E-state index in [2.05, 4.69) is 17.1 Å². The number of anilines is 1. The zero-order valence-corrected chi connectivity index (χ0v) is 14.4. The van der Waals surface area contributed by atoms with Crippen LogP contribution in [0.25, 0.3) is 0 Å². The van der Waals surface area contributed by atoms with Gasteiger partial charge in [-0.1, -0.05) is 48.6 Å². The average molecular weight is 343 g/mol. The van der Waals surface area contributed by atoms with Gasteiger partial charge in [-0.2, -0.15) is 0 Å². The molecular weight excluding hydrogens is 324 g/mol. The molecule has 0 aliphatic carbocycles. The van der Waals surface area contributed by atoms with Gasteiger partial charge >= 0.3 is 0 Å². The smallest absolute Gasteiger partial charge is 0.234 e. The van der Waals surface area contributed by atoms with Gasteiger partial charge in [0.1, 0.15) is 4.32 Å². The Labute approximate surface area is 140 Å². The number of nitrogens with zero attached hydrogens (tertiary/aromatic N) is 1. The molecule has 0 bridgehead atoms. The molecule has 0 radical (unpaired) electrons. The Morgan fingerprint density at radius 2 is 2.19 bits per heavy atom. The summed E-state index contributed by atoms with van der Waals surface area (Å²) in [6.07, 6.45) is 2.35. The number of hydrogen-bond donors (Lipinski definition) is 1. The summed E-state index contributed by atoms with van der Waals surface area (Å²) in [6, 6.07) is 7.14. The lowest BCUT2D eigenvalue weighted by molar-refractivity contribution is -0.113. The average Bonchev–Trinajstić information content (AvgIpc) is 2.45. The van der Waals surface area contributed by atoms with Crippen molar-refractivity contribution in [3.63, 3.8) is 0 Å². The van der Waals surface area contributed by atoms with Crippen molar-refractivity contribution >= 4 is 51.5 Å². The highest BCUT2D eigenvalue weighted by Gasteiger charge is 2.18. The van der Waals surface area contributed by atoms with Gasteiger partial charge in [-0.3, -0.25) is 4.79 Å². The molecule has 3 nitrogen and oxygen atoms in total. The molecule has 1 aliphatic heterocycles. The topological polar surface area (TPSA) is 32.3 Å². The minimum absolute atomic E-state index is 0.0602. The molecule has 0 atom stereocenters. The van der Waals surface area contributed by atoms with Gasteiger partial charge in [-0.15, -0.1) is 0 Å². The fourth-order valence-electron chi connectivity index (χ4n) is 2.17. The molecule has 1 N–H and O–H groups in total. The molecule has 1 fully saturated rings. The van der Waals surface area contributed by atoms with Gasteiger partial charge in [0.25, 0.3) is 0 Å². The number of amides is 1. The molecule has 1 heterocycles. The molecule has 114 valence electrons. The molecule has 1 aromatic carbocycles. The third-order valence-corrected chi connectivity index (χ3v) is 5.24. The quantitative estimate of drug-likeness (QED) is 0.841. The minimum atomic E-state index is -0.0602. The SMILES string of the molecule is CC1CCN(C(=S)SCC(=O)Nc2cccc(Cl)c2)CC1. The van der Waals surface area contributed by atoms with Crippen LogP contribution < -0.4 is 5.32 Å². The monoisotopic (exact) mass is 342 g/mol. The van der Waals surface area contributed by atoms with E-state index in [0.717, 1.165) is 23.3 Å². The lowest BCUT2D eigenvalue weighted by Crippen LogP contribution is -2.36. The molecule has 1 saturated heterocycles. The summed E-state index contributed by atoms with van der Waals surface area (Å²) in [7, 11) is 0. The Morgan fingerprint density at radius 3 is 2.86 bits per heavy atom. The zero-order chi connectivity index (χ0) is 15.2. The van der Waals surface area contributed by atoms with Crippen LogP contribution in [0.1, 0.15) is 19.8 Å². The van der Waals surface area contributed by atoms with Gasteiger partial charge in [0.2, 0.25) is 5.91 Å². The Balaban J connectivity index is 1.75. The van der Waals surface area contributed by atoms with Crippen molar-refractivity contribution in [1.82, 2.24) is 4.90 Å². The predicted octanol–water partition coefficient (Wildman–Crippen LogP) is 4.03. The third-order valence-electron chi connectivity index (χ3n) is 3.48. The molecule has 6 heteroatoms. The van der Waals surface area contributed by atoms with E-state index in [-0.39, 0.29) is 5.91 Å². The molecule has 1 amide bonds. The number of halogens is 1. The normalized spacial score (nSPS) is 15.8. The van der Waals surface area contributed by atoms with Crippen molar-refractivity contribution in [1.29, 1.82) is 0 Å². The van der Waals surface area contributed by atoms with Crippen molar-refractivity contribution in [3.05, 3.63) is 29.3 Å². The lowest BCUT2D eigenvalue weighted by atomic mass is 10.00. The van der Waals surface area contributed by atoms with Crippen LogP contribution in [0.5, 0.6) is 0 Å². The van der Waals surface area contributed by atoms with Gasteiger partial charge in [0, 0.05) is 23.8 Å². The molecule has 0 saturated carbocycles. The Kier molecular flexibility index (Phi) is 6.33. The van der Waals surface area contributed by atoms with Crippen LogP contribution in [0.2, 0.25) is 5.02 Å². The fraction of sp³-hybridized carbons (Fsp3) is 0.467. The molecular formula is C15H19ClN2OS2. The Bertz CT molecular complexity index is 516. The summed E-state index contributed by atoms with van der Waals surface area (Å²) in [6.45, 7) is 4.28. The highest BCUT2D eigenvalue weighted by atomic mass is 35.5. The number of hydrogen-bond acceptors (Lipinski definition) is 3. The first-order chi connectivity index (χ1) is 10.0. The van der Waals surface area contributed by atoms with Gasteiger partial charge in [-0.05, 0) is 37.0 Å². The number of thiocarbonyl (C=S) groups is 1. The van der Waals surface area contributed by atoms with Crippen LogP contribution in [-0.2, 0) is 4.79 Å². The largest absolute Gasteiger partial charge is 0.357 e. The number of nitrogens with one attached hydrogen (secondary N) is 1. The van der Waals surface area contributed by atoms with E-state index < -0.39 is 0 Å². The Hall–Kier alpha value is -0.780. The first-order valence-corrected chi connectivity index (χ1v) is 8.79. The number of likely N-dealkylation sites (tertiary alicyclic amines) is 1. The number of benzene rings is 1. The maximum absolute atomic E-state index is 11.9. The second kappa shape index (κ2) is 8.01. The zero-order valence-electron chi connectivity index (χ0n) is 12.0. The van der Waals surface area contributed by atoms with Gasteiger partial charge < -0.3 is 10.2 Å². The first kappa shape index (κ1) is 16.6. The van der Waals surface area contributed by atoms with Crippen molar-refractivity contribution in [2.45, 2.75) is 19.8 Å². The molecule has 2 rings (SSSR count). The van der Waals surface area contributed by atoms with Gasteiger partial charge in [0.15, 0.2) is 0 Å². The summed E-state index contributed by atoms with van der Waals surface area (Å²) in [5.74, 6) is 1.05. The van der Waals surface area contributed by atoms with Gasteiger partial charge in [0.05, 0.1) is 5.75 Å². The molecule has 1 aromatic rings. The molecule has 1 aliphatic rings. The molecule has 0 aromatic heterocycles. The van der Waals surface area contributed by atoms with Crippen LogP contribution in [-0.4, -0.2) is 34.0 Å². The number of rotatable bonds is 3. The van der Waals surface area contributed by atoms with E-state index in [1.54, 1.807) is 12.1 Å². The van der Waals surface area contributed by atoms with Crippen LogP contribution >= 0.6 is 35.6 Å². The summed E-state index contributed by atoms with van der Waals surface area (Å²) < 4.78 is 0.822. The maximum Gasteiger partial charge on any atom is 0.234 e. The van der Waals surface area contributed by atoms with Crippen molar-refractivity contribution in [3.8, 4) is 0 Å². The standard InChI is InChI=1S/C15H19ClN2OS2/c1-11-5-7-18(8-6-11)15(20)21-10-14(19)17-13-4-2-3-12(16)9-13/h2-4,9,11H,5-8,10H2,1H3,(H,17,19). The summed E-state index contributed by atoms with van der Waals surface area (Å²) in [4.78, 5) is 14.1. The van der Waals surface area contributed by atoms with E-state index in [0.29, 0.717) is 16.5 Å². The molecule has 0 spiro atoms. The van der Waals surface area contributed by atoms with Crippen LogP contribution in [0, 0.1) is 5.92 Å². The van der Waals surface area contributed by atoms with E-state index in [1.807, 2.05) is 12.1 Å². The lowest BCUT2D eigenvalue weighted by Gasteiger charge is -2.31. The highest BCUT2D eigenvalue weighted by molar-refractivity contribution is 8.23. The van der Waals surface area contributed by atoms with Crippen LogP contribution in [0.3, 0.4) is 0 Å². The summed E-state index contributed by atoms with van der Waals surface area (Å²) in [5, 5.41) is 3.44. The van der Waals surface area contributed by atoms with Crippen molar-refractivity contribution < 1.29 is 4.79 Å². The van der Waals surface area contributed by atoms with Crippen LogP contribution in [0.15, 0.2) is 24.3 Å². The number of carbonyl (C=O) groups is 1. The third kappa shape index (κ3) is 5.49. The van der Waals surface area contributed by atoms with E-state index in [9.17, 15) is 4.79 Å². The second-order valence-electron chi connectivity index (χ2n) is 5.28. The maximum atomic E-state index is 11.9. The van der Waals surface area contributed by atoms with Crippen molar-refractivity contribution in [2.75, 3.05) is 24.2 Å². The predicted molar refractivity (Wildman–Crippen MR) is 95.1 cm³/mol. The van der Waals surface area contributed by atoms with Gasteiger partial charge in [-0.25, -0.2) is 0 Å². The Morgan fingerprint density at radius 1 is 1.48 bits per heavy atom. The number of thioether (sulfide) groups is 1. The van der Waals surface area contributed by atoms with Crippen molar-refractivity contribution in [2.24, 2.45) is 5.92 Å². The fourth-order valence-corrected chi connectivity index (χ4v) is 3.41. The second-order valence-corrected chi connectivity index (χ2v) is 7.33. The first-order valence-electron chi connectivity index (χ1n) is 7.01. The summed E-state index contributed by atoms with van der Waals surface area (Å²) in [5.41, 5.74) is 0.714. The minimum Gasteiger partial charge on any atom is -0.357 e. The van der Waals surface area contributed by atoms with Crippen LogP contribution in [0.4, 0.5) is 5.69 Å². The highest BCUT2D eigenvalue weighted by Crippen LogP contribution is 2.20. The van der Waals surface area contributed by atoms with E-state index in [1.165, 1.54) is 24.6 Å². The molecule has 21 heavy (non-hydrogen) atoms. The number of carbonyl (C=O) groups excluding carboxylic acids is 1. The van der Waals surface area contributed by atoms with E-state index in [4.69, 9.17) is 23.8 Å². The number of piperidine rings is 1.